The second-order valence-corrected chi connectivity index (χ2v) is 9.69. The first-order chi connectivity index (χ1) is 17.4. The molecule has 2 aliphatic heterocycles. The number of esters is 1. The molecule has 9 nitrogen and oxygen atoms in total. The van der Waals surface area contributed by atoms with Crippen LogP contribution in [0.15, 0.2) is 24.3 Å². The van der Waals surface area contributed by atoms with E-state index in [1.54, 1.807) is 0 Å². The van der Waals surface area contributed by atoms with Gasteiger partial charge in [0.2, 0.25) is 5.91 Å². The van der Waals surface area contributed by atoms with Crippen molar-refractivity contribution in [2.24, 2.45) is 0 Å². The van der Waals surface area contributed by atoms with Gasteiger partial charge in [0.25, 0.3) is 5.91 Å². The Labute approximate surface area is 213 Å². The highest BCUT2D eigenvalue weighted by Gasteiger charge is 2.25. The van der Waals surface area contributed by atoms with Crippen molar-refractivity contribution >= 4 is 17.8 Å². The van der Waals surface area contributed by atoms with E-state index in [2.05, 4.69) is 10.00 Å². The lowest BCUT2D eigenvalue weighted by molar-refractivity contribution is -0.140. The van der Waals surface area contributed by atoms with Crippen molar-refractivity contribution in [1.29, 1.82) is 0 Å². The number of hydrogen-bond acceptors (Lipinski definition) is 6. The molecule has 1 aromatic carbocycles. The van der Waals surface area contributed by atoms with E-state index in [0.29, 0.717) is 51.1 Å². The van der Waals surface area contributed by atoms with Crippen molar-refractivity contribution in [2.45, 2.75) is 46.0 Å². The van der Waals surface area contributed by atoms with Crippen LogP contribution >= 0.6 is 0 Å². The molecule has 194 valence electrons. The molecular formula is C27H37N5O4. The third kappa shape index (κ3) is 5.95. The molecule has 0 atom stereocenters. The summed E-state index contributed by atoms with van der Waals surface area (Å²) in [4.78, 5) is 43.2. The van der Waals surface area contributed by atoms with E-state index in [1.165, 1.54) is 13.5 Å². The Balaban J connectivity index is 1.33. The molecule has 3 heterocycles. The topological polar surface area (TPSA) is 88.0 Å². The molecule has 0 saturated carbocycles. The molecule has 2 amide bonds. The first kappa shape index (κ1) is 25.9. The van der Waals surface area contributed by atoms with Gasteiger partial charge >= 0.3 is 5.97 Å². The van der Waals surface area contributed by atoms with Gasteiger partial charge in [-0.3, -0.25) is 19.3 Å². The molecule has 9 heteroatoms. The predicted octanol–water partition coefficient (Wildman–Crippen LogP) is 2.37. The zero-order valence-corrected chi connectivity index (χ0v) is 21.7. The second kappa shape index (κ2) is 11.7. The van der Waals surface area contributed by atoms with Gasteiger partial charge in [-0.25, -0.2) is 4.68 Å². The molecule has 0 N–H and O–H groups in total. The summed E-state index contributed by atoms with van der Waals surface area (Å²) >= 11 is 0. The number of methoxy groups -OCH3 is 1. The van der Waals surface area contributed by atoms with Crippen LogP contribution in [0.2, 0.25) is 0 Å². The van der Waals surface area contributed by atoms with E-state index in [0.717, 1.165) is 48.6 Å². The molecule has 0 spiro atoms. The molecule has 2 saturated heterocycles. The Morgan fingerprint density at radius 1 is 0.889 bits per heavy atom. The smallest absolute Gasteiger partial charge is 0.305 e. The lowest BCUT2D eigenvalue weighted by Gasteiger charge is -2.36. The molecule has 2 aliphatic rings. The third-order valence-electron chi connectivity index (χ3n) is 7.33. The summed E-state index contributed by atoms with van der Waals surface area (Å²) in [6, 6.07) is 7.50. The SMILES string of the molecule is COC(=O)CCc1c(C)nn(-c2ccc(C(=O)N3CCN(CC(=O)N4CCCCC4)CC3)cc2)c1C. The molecule has 2 fully saturated rings. The van der Waals surface area contributed by atoms with Gasteiger partial charge in [-0.2, -0.15) is 5.10 Å². The molecule has 0 bridgehead atoms. The average molecular weight is 496 g/mol. The number of benzene rings is 1. The highest BCUT2D eigenvalue weighted by molar-refractivity contribution is 5.94. The minimum Gasteiger partial charge on any atom is -0.469 e. The van der Waals surface area contributed by atoms with E-state index in [1.807, 2.05) is 52.6 Å². The Morgan fingerprint density at radius 3 is 2.19 bits per heavy atom. The first-order valence-electron chi connectivity index (χ1n) is 12.9. The number of amides is 2. The van der Waals surface area contributed by atoms with Gasteiger partial charge in [-0.15, -0.1) is 0 Å². The van der Waals surface area contributed by atoms with Gasteiger partial charge in [0.1, 0.15) is 0 Å². The van der Waals surface area contributed by atoms with Crippen LogP contribution in [0.1, 0.15) is 53.0 Å². The van der Waals surface area contributed by atoms with E-state index >= 15 is 0 Å². The van der Waals surface area contributed by atoms with Crippen LogP contribution in [0.4, 0.5) is 0 Å². The molecular weight excluding hydrogens is 458 g/mol. The lowest BCUT2D eigenvalue weighted by Crippen LogP contribution is -2.52. The van der Waals surface area contributed by atoms with Crippen molar-refractivity contribution in [3.8, 4) is 5.69 Å². The zero-order chi connectivity index (χ0) is 25.7. The number of hydrogen-bond donors (Lipinski definition) is 0. The third-order valence-corrected chi connectivity index (χ3v) is 7.33. The van der Waals surface area contributed by atoms with Crippen molar-refractivity contribution in [1.82, 2.24) is 24.5 Å². The highest BCUT2D eigenvalue weighted by Crippen LogP contribution is 2.21. The lowest BCUT2D eigenvalue weighted by atomic mass is 10.1. The molecule has 0 aliphatic carbocycles. The molecule has 36 heavy (non-hydrogen) atoms. The van der Waals surface area contributed by atoms with Crippen LogP contribution in [0, 0.1) is 13.8 Å². The summed E-state index contributed by atoms with van der Waals surface area (Å²) in [5.74, 6) is -0.0165. The van der Waals surface area contributed by atoms with Crippen molar-refractivity contribution in [3.05, 3.63) is 46.8 Å². The first-order valence-corrected chi connectivity index (χ1v) is 12.9. The zero-order valence-electron chi connectivity index (χ0n) is 21.7. The maximum atomic E-state index is 13.1. The van der Waals surface area contributed by atoms with E-state index < -0.39 is 0 Å². The number of aryl methyl sites for hydroxylation is 1. The van der Waals surface area contributed by atoms with Crippen molar-refractivity contribution in [3.63, 3.8) is 0 Å². The minimum atomic E-state index is -0.237. The number of aromatic nitrogens is 2. The minimum absolute atomic E-state index is 0.00990. The summed E-state index contributed by atoms with van der Waals surface area (Å²) in [5.41, 5.74) is 4.41. The Hall–Kier alpha value is -3.20. The number of piperazine rings is 1. The summed E-state index contributed by atoms with van der Waals surface area (Å²) in [6.07, 6.45) is 4.31. The van der Waals surface area contributed by atoms with Crippen LogP contribution in [0.25, 0.3) is 5.69 Å². The number of ether oxygens (including phenoxy) is 1. The Morgan fingerprint density at radius 2 is 1.56 bits per heavy atom. The largest absolute Gasteiger partial charge is 0.469 e. The highest BCUT2D eigenvalue weighted by atomic mass is 16.5. The fourth-order valence-electron chi connectivity index (χ4n) is 5.09. The molecule has 4 rings (SSSR count). The van der Waals surface area contributed by atoms with Gasteiger partial charge < -0.3 is 14.5 Å². The van der Waals surface area contributed by atoms with Gasteiger partial charge in [-0.1, -0.05) is 0 Å². The number of piperidine rings is 1. The van der Waals surface area contributed by atoms with E-state index in [-0.39, 0.29) is 17.8 Å². The van der Waals surface area contributed by atoms with Crippen LogP contribution in [0.5, 0.6) is 0 Å². The monoisotopic (exact) mass is 495 g/mol. The maximum Gasteiger partial charge on any atom is 0.305 e. The summed E-state index contributed by atoms with van der Waals surface area (Å²) < 4.78 is 6.61. The standard InChI is InChI=1S/C27H37N5O4/c1-20-24(11-12-26(34)36-3)21(2)32(28-20)23-9-7-22(8-10-23)27(35)31-17-15-29(16-18-31)19-25(33)30-13-5-4-6-14-30/h7-10H,4-6,11-19H2,1-3H3. The number of carbonyl (C=O) groups excluding carboxylic acids is 3. The predicted molar refractivity (Wildman–Crippen MR) is 136 cm³/mol. The molecule has 2 aromatic rings. The number of carbonyl (C=O) groups is 3. The van der Waals surface area contributed by atoms with Crippen LogP contribution < -0.4 is 0 Å². The molecule has 0 unspecified atom stereocenters. The van der Waals surface area contributed by atoms with Crippen molar-refractivity contribution < 1.29 is 19.1 Å². The fraction of sp³-hybridized carbons (Fsp3) is 0.556. The normalized spacial score (nSPS) is 16.8. The van der Waals surface area contributed by atoms with E-state index in [9.17, 15) is 14.4 Å². The summed E-state index contributed by atoms with van der Waals surface area (Å²) in [5, 5.41) is 4.65. The van der Waals surface area contributed by atoms with Gasteiger partial charge in [-0.05, 0) is 69.4 Å². The Bertz CT molecular complexity index is 1080. The maximum absolute atomic E-state index is 13.1. The van der Waals surface area contributed by atoms with Crippen LogP contribution in [0.3, 0.4) is 0 Å². The van der Waals surface area contributed by atoms with E-state index in [4.69, 9.17) is 4.74 Å². The number of nitrogens with zero attached hydrogens (tertiary/aromatic N) is 5. The molecule has 1 aromatic heterocycles. The van der Waals surface area contributed by atoms with Gasteiger partial charge in [0.15, 0.2) is 0 Å². The summed E-state index contributed by atoms with van der Waals surface area (Å²) in [7, 11) is 1.39. The number of likely N-dealkylation sites (tertiary alicyclic amines) is 1. The fourth-order valence-corrected chi connectivity index (χ4v) is 5.09. The van der Waals surface area contributed by atoms with Gasteiger partial charge in [0.05, 0.1) is 25.0 Å². The Kier molecular flexibility index (Phi) is 8.40. The molecule has 0 radical (unpaired) electrons. The van der Waals surface area contributed by atoms with Crippen molar-refractivity contribution in [2.75, 3.05) is 52.9 Å². The van der Waals surface area contributed by atoms with Gasteiger partial charge in [0, 0.05) is 56.9 Å². The van der Waals surface area contributed by atoms with Crippen LogP contribution in [-0.2, 0) is 20.7 Å². The van der Waals surface area contributed by atoms with Crippen LogP contribution in [-0.4, -0.2) is 95.2 Å². The average Bonchev–Trinajstić information content (AvgIpc) is 3.20. The number of rotatable bonds is 7. The quantitative estimate of drug-likeness (QED) is 0.548. The summed E-state index contributed by atoms with van der Waals surface area (Å²) in [6.45, 7) is 8.78. The second-order valence-electron chi connectivity index (χ2n) is 9.69.